The molecule has 10 aromatic carbocycles. The average Bonchev–Trinajstić information content (AvgIpc) is 3.82. The van der Waals surface area contributed by atoms with Gasteiger partial charge in [-0.05, 0) is 108 Å². The molecular weight excluding hydrogens is 759 g/mol. The van der Waals surface area contributed by atoms with Crippen molar-refractivity contribution in [1.82, 2.24) is 0 Å². The lowest BCUT2D eigenvalue weighted by atomic mass is 9.52. The van der Waals surface area contributed by atoms with E-state index in [4.69, 9.17) is 0 Å². The number of rotatable bonds is 5. The summed E-state index contributed by atoms with van der Waals surface area (Å²) in [5.41, 5.74) is 23.0. The molecule has 0 atom stereocenters. The molecule has 0 amide bonds. The van der Waals surface area contributed by atoms with Crippen LogP contribution in [0.2, 0.25) is 0 Å². The Hall–Kier alpha value is -8.00. The van der Waals surface area contributed by atoms with E-state index in [1.165, 1.54) is 89.0 Å². The van der Waals surface area contributed by atoms with Crippen molar-refractivity contribution < 1.29 is 0 Å². The second kappa shape index (κ2) is 13.8. The van der Waals surface area contributed by atoms with E-state index in [0.29, 0.717) is 0 Å². The third-order valence-corrected chi connectivity index (χ3v) is 14.2. The van der Waals surface area contributed by atoms with Gasteiger partial charge in [-0.15, -0.1) is 0 Å². The van der Waals surface area contributed by atoms with Gasteiger partial charge in [-0.3, -0.25) is 0 Å². The van der Waals surface area contributed by atoms with Crippen LogP contribution >= 0.6 is 0 Å². The van der Waals surface area contributed by atoms with Crippen LogP contribution in [0.1, 0.15) is 44.5 Å². The van der Waals surface area contributed by atoms with Crippen LogP contribution in [0.5, 0.6) is 0 Å². The van der Waals surface area contributed by atoms with Crippen molar-refractivity contribution in [3.05, 3.63) is 293 Å². The fourth-order valence-electron chi connectivity index (χ4n) is 11.8. The average molecular weight is 800 g/mol. The SMILES string of the molecule is c1ccc(-c2ccccc2N(c2ccccc2)c2ccccc2-c2ccc3c(c2)C2(c4ccccc4-3)c3ccccc3C3(c4ccccc4-c4ccccc43)c3ccccc32)cc1. The molecule has 0 aromatic heterocycles. The minimum atomic E-state index is -0.569. The number of hydrogen-bond acceptors (Lipinski definition) is 1. The van der Waals surface area contributed by atoms with Gasteiger partial charge in [0, 0.05) is 16.8 Å². The van der Waals surface area contributed by atoms with Gasteiger partial charge in [0.05, 0.1) is 22.2 Å². The summed E-state index contributed by atoms with van der Waals surface area (Å²) in [7, 11) is 0. The molecule has 0 radical (unpaired) electrons. The van der Waals surface area contributed by atoms with Gasteiger partial charge >= 0.3 is 0 Å². The summed E-state index contributed by atoms with van der Waals surface area (Å²) in [6.07, 6.45) is 0. The summed E-state index contributed by atoms with van der Waals surface area (Å²) < 4.78 is 0. The molecule has 0 aliphatic heterocycles. The predicted octanol–water partition coefficient (Wildman–Crippen LogP) is 15.5. The Labute approximate surface area is 368 Å². The maximum absolute atomic E-state index is 2.53. The number of nitrogens with zero attached hydrogens (tertiary/aromatic N) is 1. The van der Waals surface area contributed by atoms with Crippen molar-refractivity contribution in [2.45, 2.75) is 10.8 Å². The van der Waals surface area contributed by atoms with Crippen LogP contribution in [0, 0.1) is 0 Å². The largest absolute Gasteiger partial charge is 0.309 e. The number of benzene rings is 10. The van der Waals surface area contributed by atoms with E-state index < -0.39 is 10.8 Å². The molecule has 10 aromatic rings. The summed E-state index contributed by atoms with van der Waals surface area (Å²) in [6, 6.07) is 92.7. The number of hydrogen-bond donors (Lipinski definition) is 0. The molecule has 2 spiro atoms. The zero-order valence-electron chi connectivity index (χ0n) is 34.6. The van der Waals surface area contributed by atoms with Gasteiger partial charge in [-0.25, -0.2) is 0 Å². The van der Waals surface area contributed by atoms with Crippen LogP contribution in [0.15, 0.2) is 249 Å². The first-order chi connectivity index (χ1) is 31.3. The van der Waals surface area contributed by atoms with Crippen LogP contribution in [0.4, 0.5) is 17.1 Å². The van der Waals surface area contributed by atoms with Crippen LogP contribution in [0.25, 0.3) is 44.5 Å². The summed E-state index contributed by atoms with van der Waals surface area (Å²) in [4.78, 5) is 2.44. The highest BCUT2D eigenvalue weighted by Crippen LogP contribution is 2.67. The lowest BCUT2D eigenvalue weighted by molar-refractivity contribution is 0.633. The molecule has 0 fully saturated rings. The molecule has 0 saturated heterocycles. The second-order valence-corrected chi connectivity index (χ2v) is 17.1. The monoisotopic (exact) mass is 799 g/mol. The first-order valence-electron chi connectivity index (χ1n) is 22.0. The highest BCUT2D eigenvalue weighted by atomic mass is 15.1. The van der Waals surface area contributed by atoms with Gasteiger partial charge in [0.1, 0.15) is 0 Å². The van der Waals surface area contributed by atoms with Crippen LogP contribution < -0.4 is 4.90 Å². The Morgan fingerprint density at radius 3 is 1.03 bits per heavy atom. The minimum Gasteiger partial charge on any atom is -0.309 e. The first-order valence-corrected chi connectivity index (χ1v) is 22.0. The van der Waals surface area contributed by atoms with Crippen molar-refractivity contribution in [2.24, 2.45) is 0 Å². The highest BCUT2D eigenvalue weighted by molar-refractivity contribution is 5.97. The van der Waals surface area contributed by atoms with E-state index >= 15 is 0 Å². The van der Waals surface area contributed by atoms with E-state index in [2.05, 4.69) is 254 Å². The lowest BCUT2D eigenvalue weighted by Gasteiger charge is -2.48. The molecule has 1 heteroatoms. The molecule has 0 bridgehead atoms. The van der Waals surface area contributed by atoms with E-state index in [1.807, 2.05) is 0 Å². The molecule has 0 saturated carbocycles. The van der Waals surface area contributed by atoms with E-state index in [9.17, 15) is 0 Å². The lowest BCUT2D eigenvalue weighted by Crippen LogP contribution is -2.43. The Balaban J connectivity index is 1.09. The smallest absolute Gasteiger partial charge is 0.0720 e. The zero-order chi connectivity index (χ0) is 41.5. The number of para-hydroxylation sites is 3. The molecule has 0 unspecified atom stereocenters. The molecular formula is C62H41N. The van der Waals surface area contributed by atoms with Crippen LogP contribution in [-0.4, -0.2) is 0 Å². The molecule has 0 N–H and O–H groups in total. The van der Waals surface area contributed by atoms with Crippen molar-refractivity contribution in [3.8, 4) is 44.5 Å². The Morgan fingerprint density at radius 2 is 0.556 bits per heavy atom. The maximum atomic E-state index is 2.53. The van der Waals surface area contributed by atoms with Crippen LogP contribution in [-0.2, 0) is 10.8 Å². The fourth-order valence-corrected chi connectivity index (χ4v) is 11.8. The summed E-state index contributed by atoms with van der Waals surface area (Å²) in [6.45, 7) is 0. The third-order valence-electron chi connectivity index (χ3n) is 14.2. The van der Waals surface area contributed by atoms with Crippen molar-refractivity contribution in [3.63, 3.8) is 0 Å². The topological polar surface area (TPSA) is 3.24 Å². The zero-order valence-corrected chi connectivity index (χ0v) is 34.6. The summed E-state index contributed by atoms with van der Waals surface area (Å²) in [5.74, 6) is 0. The van der Waals surface area contributed by atoms with Crippen LogP contribution in [0.3, 0.4) is 0 Å². The highest BCUT2D eigenvalue weighted by Gasteiger charge is 2.58. The third kappa shape index (κ3) is 4.82. The van der Waals surface area contributed by atoms with E-state index in [-0.39, 0.29) is 0 Å². The maximum Gasteiger partial charge on any atom is 0.0720 e. The molecule has 3 aliphatic carbocycles. The molecule has 0 heterocycles. The second-order valence-electron chi connectivity index (χ2n) is 17.1. The van der Waals surface area contributed by atoms with Gasteiger partial charge in [0.25, 0.3) is 0 Å². The summed E-state index contributed by atoms with van der Waals surface area (Å²) in [5, 5.41) is 0. The van der Waals surface area contributed by atoms with Gasteiger partial charge in [-0.1, -0.05) is 218 Å². The van der Waals surface area contributed by atoms with Gasteiger partial charge in [-0.2, -0.15) is 0 Å². The minimum absolute atomic E-state index is 0.476. The number of anilines is 3. The van der Waals surface area contributed by atoms with E-state index in [0.717, 1.165) is 17.1 Å². The summed E-state index contributed by atoms with van der Waals surface area (Å²) >= 11 is 0. The normalized spacial score (nSPS) is 14.0. The molecule has 3 aliphatic rings. The van der Waals surface area contributed by atoms with Crippen molar-refractivity contribution in [1.29, 1.82) is 0 Å². The Morgan fingerprint density at radius 1 is 0.222 bits per heavy atom. The number of fused-ring (bicyclic) bond motifs is 16. The predicted molar refractivity (Wildman–Crippen MR) is 260 cm³/mol. The van der Waals surface area contributed by atoms with Gasteiger partial charge < -0.3 is 4.90 Å². The fraction of sp³-hybridized carbons (Fsp3) is 0.0323. The quantitative estimate of drug-likeness (QED) is 0.168. The van der Waals surface area contributed by atoms with Gasteiger partial charge in [0.15, 0.2) is 0 Å². The molecule has 1 nitrogen and oxygen atoms in total. The standard InChI is InChI=1S/C62H41N/c1-3-21-42(22-4-1)45-25-10-19-37-59(45)63(44-23-5-2-6-24-44)60-38-20-11-26-46(60)43-39-40-50-49-29-9-14-32-53(49)62(58(50)41-43)56-35-17-15-33-54(56)61(55-34-16-18-36-57(55)62)51-30-12-7-27-47(51)48-28-8-13-31-52(48)61/h1-41H. The molecule has 294 valence electrons. The van der Waals surface area contributed by atoms with Gasteiger partial charge in [0.2, 0.25) is 0 Å². The van der Waals surface area contributed by atoms with Crippen molar-refractivity contribution >= 4 is 17.1 Å². The first kappa shape index (κ1) is 35.7. The van der Waals surface area contributed by atoms with Crippen molar-refractivity contribution in [2.75, 3.05) is 4.90 Å². The molecule has 63 heavy (non-hydrogen) atoms. The molecule has 13 rings (SSSR count). The Bertz CT molecular complexity index is 3320. The Kier molecular flexibility index (Phi) is 7.80. The van der Waals surface area contributed by atoms with E-state index in [1.54, 1.807) is 0 Å².